The largest absolute Gasteiger partial charge is 0.494 e. The van der Waals surface area contributed by atoms with E-state index >= 15 is 0 Å². The number of carbonyl (C=O) groups is 1. The smallest absolute Gasteiger partial charge is 0.241 e. The standard InChI is InChI=1S/C21H26N2O4S/c1-5-27-19-8-6-18(7-9-19)23-13-17(12-20(23)24)22-28(25,26)21-15(3)10-14(2)11-16(21)4/h6-11,17,22H,5,12-13H2,1-4H3. The highest BCUT2D eigenvalue weighted by atomic mass is 32.2. The number of nitrogens with zero attached hydrogens (tertiary/aromatic N) is 1. The van der Waals surface area contributed by atoms with Crippen LogP contribution in [-0.2, 0) is 14.8 Å². The van der Waals surface area contributed by atoms with Gasteiger partial charge < -0.3 is 9.64 Å². The lowest BCUT2D eigenvalue weighted by atomic mass is 10.1. The molecule has 1 aliphatic rings. The molecule has 1 heterocycles. The molecule has 1 unspecified atom stereocenters. The molecule has 1 amide bonds. The zero-order valence-electron chi connectivity index (χ0n) is 16.7. The molecule has 2 aromatic rings. The molecule has 0 aliphatic carbocycles. The van der Waals surface area contributed by atoms with Gasteiger partial charge in [0.15, 0.2) is 0 Å². The van der Waals surface area contributed by atoms with Crippen molar-refractivity contribution in [2.75, 3.05) is 18.1 Å². The molecule has 1 aliphatic heterocycles. The van der Waals surface area contributed by atoms with Crippen LogP contribution < -0.4 is 14.4 Å². The highest BCUT2D eigenvalue weighted by Gasteiger charge is 2.34. The zero-order valence-corrected chi connectivity index (χ0v) is 17.5. The summed E-state index contributed by atoms with van der Waals surface area (Å²) in [6, 6.07) is 10.5. The van der Waals surface area contributed by atoms with Crippen molar-refractivity contribution < 1.29 is 17.9 Å². The van der Waals surface area contributed by atoms with E-state index in [1.807, 2.05) is 50.2 Å². The number of carbonyl (C=O) groups excluding carboxylic acids is 1. The van der Waals surface area contributed by atoms with E-state index in [0.717, 1.165) is 17.0 Å². The topological polar surface area (TPSA) is 75.7 Å². The van der Waals surface area contributed by atoms with Gasteiger partial charge in [-0.1, -0.05) is 17.7 Å². The molecule has 1 fully saturated rings. The summed E-state index contributed by atoms with van der Waals surface area (Å²) in [4.78, 5) is 14.4. The first-order valence-corrected chi connectivity index (χ1v) is 10.8. The van der Waals surface area contributed by atoms with Gasteiger partial charge in [0.1, 0.15) is 5.75 Å². The maximum Gasteiger partial charge on any atom is 0.241 e. The Bertz CT molecular complexity index is 961. The van der Waals surface area contributed by atoms with Gasteiger partial charge in [0, 0.05) is 24.7 Å². The summed E-state index contributed by atoms with van der Waals surface area (Å²) in [5.41, 5.74) is 3.17. The second kappa shape index (κ2) is 7.93. The van der Waals surface area contributed by atoms with Crippen LogP contribution in [0.5, 0.6) is 5.75 Å². The number of hydrogen-bond acceptors (Lipinski definition) is 4. The Hall–Kier alpha value is -2.38. The minimum atomic E-state index is -3.71. The Kier molecular flexibility index (Phi) is 5.76. The third-order valence-electron chi connectivity index (χ3n) is 4.78. The molecule has 0 saturated carbocycles. The molecule has 1 saturated heterocycles. The van der Waals surface area contributed by atoms with Crippen LogP contribution in [0.4, 0.5) is 5.69 Å². The first-order chi connectivity index (χ1) is 13.2. The van der Waals surface area contributed by atoms with Gasteiger partial charge >= 0.3 is 0 Å². The summed E-state index contributed by atoms with van der Waals surface area (Å²) in [5, 5.41) is 0. The van der Waals surface area contributed by atoms with Gasteiger partial charge in [0.25, 0.3) is 0 Å². The van der Waals surface area contributed by atoms with Gasteiger partial charge in [0.05, 0.1) is 11.5 Å². The number of sulfonamides is 1. The molecule has 1 N–H and O–H groups in total. The lowest BCUT2D eigenvalue weighted by molar-refractivity contribution is -0.117. The molecule has 0 bridgehead atoms. The maximum atomic E-state index is 13.0. The van der Waals surface area contributed by atoms with Crippen LogP contribution in [0.3, 0.4) is 0 Å². The van der Waals surface area contributed by atoms with Crippen LogP contribution in [0.25, 0.3) is 0 Å². The van der Waals surface area contributed by atoms with E-state index in [2.05, 4.69) is 4.72 Å². The van der Waals surface area contributed by atoms with E-state index in [0.29, 0.717) is 29.2 Å². The average molecular weight is 403 g/mol. The third-order valence-corrected chi connectivity index (χ3v) is 6.60. The zero-order chi connectivity index (χ0) is 20.5. The number of ether oxygens (including phenoxy) is 1. The van der Waals surface area contributed by atoms with Gasteiger partial charge in [-0.25, -0.2) is 13.1 Å². The van der Waals surface area contributed by atoms with E-state index in [1.165, 1.54) is 0 Å². The first kappa shape index (κ1) is 20.4. The average Bonchev–Trinajstić information content (AvgIpc) is 2.94. The second-order valence-corrected chi connectivity index (χ2v) is 8.83. The summed E-state index contributed by atoms with van der Waals surface area (Å²) in [5.74, 6) is 0.634. The first-order valence-electron chi connectivity index (χ1n) is 9.34. The highest BCUT2D eigenvalue weighted by molar-refractivity contribution is 7.89. The van der Waals surface area contributed by atoms with E-state index in [9.17, 15) is 13.2 Å². The van der Waals surface area contributed by atoms with Gasteiger partial charge in [-0.15, -0.1) is 0 Å². The highest BCUT2D eigenvalue weighted by Crippen LogP contribution is 2.26. The summed E-state index contributed by atoms with van der Waals surface area (Å²) in [6.45, 7) is 8.31. The number of amides is 1. The van der Waals surface area contributed by atoms with E-state index in [-0.39, 0.29) is 12.3 Å². The Balaban J connectivity index is 1.77. The molecule has 0 spiro atoms. The second-order valence-electron chi connectivity index (χ2n) is 7.18. The number of benzene rings is 2. The SMILES string of the molecule is CCOc1ccc(N2CC(NS(=O)(=O)c3c(C)cc(C)cc3C)CC2=O)cc1. The Morgan fingerprint density at radius 1 is 1.11 bits per heavy atom. The van der Waals surface area contributed by atoms with Crippen LogP contribution in [0.2, 0.25) is 0 Å². The molecule has 1 atom stereocenters. The molecule has 6 nitrogen and oxygen atoms in total. The van der Waals surface area contributed by atoms with Crippen LogP contribution in [0.15, 0.2) is 41.3 Å². The predicted molar refractivity (Wildman–Crippen MR) is 109 cm³/mol. The molecule has 150 valence electrons. The summed E-state index contributed by atoms with van der Waals surface area (Å²) in [7, 11) is -3.71. The summed E-state index contributed by atoms with van der Waals surface area (Å²) < 4.78 is 34.0. The van der Waals surface area contributed by atoms with E-state index in [1.54, 1.807) is 18.7 Å². The quantitative estimate of drug-likeness (QED) is 0.806. The minimum absolute atomic E-state index is 0.103. The third kappa shape index (κ3) is 4.20. The minimum Gasteiger partial charge on any atom is -0.494 e. The van der Waals surface area contributed by atoms with Crippen molar-refractivity contribution in [1.82, 2.24) is 4.72 Å². The fraction of sp³-hybridized carbons (Fsp3) is 0.381. The van der Waals surface area contributed by atoms with Crippen molar-refractivity contribution in [3.8, 4) is 5.75 Å². The van der Waals surface area contributed by atoms with E-state index in [4.69, 9.17) is 4.74 Å². The fourth-order valence-electron chi connectivity index (χ4n) is 3.79. The summed E-state index contributed by atoms with van der Waals surface area (Å²) >= 11 is 0. The monoisotopic (exact) mass is 402 g/mol. The molecular weight excluding hydrogens is 376 g/mol. The van der Waals surface area contributed by atoms with Crippen molar-refractivity contribution in [3.63, 3.8) is 0 Å². The lowest BCUT2D eigenvalue weighted by Gasteiger charge is -2.19. The Labute approximate surface area is 166 Å². The van der Waals surface area contributed by atoms with Crippen molar-refractivity contribution in [2.45, 2.75) is 45.1 Å². The van der Waals surface area contributed by atoms with Crippen molar-refractivity contribution in [2.24, 2.45) is 0 Å². The lowest BCUT2D eigenvalue weighted by Crippen LogP contribution is -2.37. The number of nitrogens with one attached hydrogen (secondary N) is 1. The molecule has 2 aromatic carbocycles. The van der Waals surface area contributed by atoms with Gasteiger partial charge in [0.2, 0.25) is 15.9 Å². The van der Waals surface area contributed by atoms with Crippen LogP contribution in [-0.4, -0.2) is 33.5 Å². The van der Waals surface area contributed by atoms with Gasteiger partial charge in [-0.05, 0) is 63.1 Å². The molecular formula is C21H26N2O4S. The van der Waals surface area contributed by atoms with Crippen LogP contribution in [0, 0.1) is 20.8 Å². The van der Waals surface area contributed by atoms with Crippen LogP contribution >= 0.6 is 0 Å². The normalized spacial score (nSPS) is 17.2. The van der Waals surface area contributed by atoms with Crippen molar-refractivity contribution >= 4 is 21.6 Å². The fourth-order valence-corrected chi connectivity index (χ4v) is 5.47. The van der Waals surface area contributed by atoms with Gasteiger partial charge in [-0.3, -0.25) is 4.79 Å². The van der Waals surface area contributed by atoms with Gasteiger partial charge in [-0.2, -0.15) is 0 Å². The maximum absolute atomic E-state index is 13.0. The van der Waals surface area contributed by atoms with Crippen molar-refractivity contribution in [1.29, 1.82) is 0 Å². The number of rotatable bonds is 6. The summed E-state index contributed by atoms with van der Waals surface area (Å²) in [6.07, 6.45) is 0.135. The molecule has 3 rings (SSSR count). The van der Waals surface area contributed by atoms with Crippen LogP contribution in [0.1, 0.15) is 30.0 Å². The Morgan fingerprint density at radius 3 is 2.29 bits per heavy atom. The number of aryl methyl sites for hydroxylation is 3. The molecule has 0 radical (unpaired) electrons. The molecule has 7 heteroatoms. The van der Waals surface area contributed by atoms with E-state index < -0.39 is 16.1 Å². The predicted octanol–water partition coefficient (Wildman–Crippen LogP) is 3.09. The Morgan fingerprint density at radius 2 is 1.71 bits per heavy atom. The molecule has 0 aromatic heterocycles. The number of hydrogen-bond donors (Lipinski definition) is 1. The molecule has 28 heavy (non-hydrogen) atoms. The number of anilines is 1. The van der Waals surface area contributed by atoms with Crippen molar-refractivity contribution in [3.05, 3.63) is 53.1 Å².